The lowest BCUT2D eigenvalue weighted by atomic mass is 10.1. The van der Waals surface area contributed by atoms with Gasteiger partial charge >= 0.3 is 0 Å². The van der Waals surface area contributed by atoms with Crippen LogP contribution < -0.4 is 4.90 Å². The second kappa shape index (κ2) is 6.32. The fourth-order valence-corrected chi connectivity index (χ4v) is 3.75. The molecule has 1 atom stereocenters. The summed E-state index contributed by atoms with van der Waals surface area (Å²) < 4.78 is 13.4. The Balaban J connectivity index is 1.69. The third-order valence-electron chi connectivity index (χ3n) is 4.94. The lowest BCUT2D eigenvalue weighted by Crippen LogP contribution is -2.50. The summed E-state index contributed by atoms with van der Waals surface area (Å²) in [5, 5.41) is 9.88. The monoisotopic (exact) mass is 292 g/mol. The molecular formula is C17H25FN2O. The van der Waals surface area contributed by atoms with E-state index in [2.05, 4.69) is 9.80 Å². The van der Waals surface area contributed by atoms with Gasteiger partial charge in [-0.05, 0) is 38.0 Å². The van der Waals surface area contributed by atoms with Crippen LogP contribution in [0.5, 0.6) is 0 Å². The minimum absolute atomic E-state index is 0.278. The van der Waals surface area contributed by atoms with E-state index in [1.54, 1.807) is 6.92 Å². The molecule has 116 valence electrons. The number of hydrogen-bond donors (Lipinski definition) is 1. The Hall–Kier alpha value is -1.13. The molecule has 2 aliphatic rings. The van der Waals surface area contributed by atoms with Gasteiger partial charge in [0.05, 0.1) is 6.10 Å². The highest BCUT2D eigenvalue weighted by Gasteiger charge is 2.27. The molecule has 1 heterocycles. The molecule has 0 spiro atoms. The van der Waals surface area contributed by atoms with E-state index in [4.69, 9.17) is 0 Å². The standard InChI is InChI=1S/C17H25FN2O/c1-13(21)16-12-14(18)6-7-17(16)20-10-8-19(9-11-20)15-4-2-3-5-15/h6-7,12-13,15,21H,2-5,8-11H2,1H3. The molecule has 0 radical (unpaired) electrons. The number of rotatable bonds is 3. The topological polar surface area (TPSA) is 26.7 Å². The van der Waals surface area contributed by atoms with Crippen LogP contribution in [0.3, 0.4) is 0 Å². The molecule has 1 saturated heterocycles. The fourth-order valence-electron chi connectivity index (χ4n) is 3.75. The van der Waals surface area contributed by atoms with E-state index in [1.165, 1.54) is 37.8 Å². The van der Waals surface area contributed by atoms with Crippen molar-refractivity contribution in [2.45, 2.75) is 44.8 Å². The highest BCUT2D eigenvalue weighted by molar-refractivity contribution is 5.55. The number of aliphatic hydroxyl groups excluding tert-OH is 1. The van der Waals surface area contributed by atoms with E-state index in [0.29, 0.717) is 5.56 Å². The molecule has 3 nitrogen and oxygen atoms in total. The van der Waals surface area contributed by atoms with E-state index >= 15 is 0 Å². The molecule has 21 heavy (non-hydrogen) atoms. The lowest BCUT2D eigenvalue weighted by Gasteiger charge is -2.40. The van der Waals surface area contributed by atoms with Crippen LogP contribution in [0.25, 0.3) is 0 Å². The van der Waals surface area contributed by atoms with Gasteiger partial charge in [-0.25, -0.2) is 4.39 Å². The molecule has 1 aliphatic carbocycles. The summed E-state index contributed by atoms with van der Waals surface area (Å²) in [6, 6.07) is 5.54. The minimum Gasteiger partial charge on any atom is -0.389 e. The predicted molar refractivity (Wildman–Crippen MR) is 83.1 cm³/mol. The number of anilines is 1. The highest BCUT2D eigenvalue weighted by Crippen LogP contribution is 2.30. The van der Waals surface area contributed by atoms with Crippen LogP contribution >= 0.6 is 0 Å². The maximum absolute atomic E-state index is 13.4. The fraction of sp³-hybridized carbons (Fsp3) is 0.647. The molecule has 4 heteroatoms. The molecule has 1 N–H and O–H groups in total. The SMILES string of the molecule is CC(O)c1cc(F)ccc1N1CCN(C2CCCC2)CC1. The van der Waals surface area contributed by atoms with Crippen LogP contribution in [0.2, 0.25) is 0 Å². The zero-order valence-electron chi connectivity index (χ0n) is 12.8. The molecule has 0 aromatic heterocycles. The van der Waals surface area contributed by atoms with Crippen LogP contribution in [-0.4, -0.2) is 42.2 Å². The summed E-state index contributed by atoms with van der Waals surface area (Å²) in [7, 11) is 0. The van der Waals surface area contributed by atoms with Crippen molar-refractivity contribution >= 4 is 5.69 Å². The molecule has 0 amide bonds. The van der Waals surface area contributed by atoms with Crippen molar-refractivity contribution in [2.75, 3.05) is 31.1 Å². The van der Waals surface area contributed by atoms with Crippen molar-refractivity contribution in [3.8, 4) is 0 Å². The van der Waals surface area contributed by atoms with Crippen molar-refractivity contribution < 1.29 is 9.50 Å². The molecule has 1 saturated carbocycles. The largest absolute Gasteiger partial charge is 0.389 e. The molecule has 1 aromatic rings. The first kappa shape index (κ1) is 14.8. The van der Waals surface area contributed by atoms with E-state index in [9.17, 15) is 9.50 Å². The van der Waals surface area contributed by atoms with Crippen molar-refractivity contribution in [3.05, 3.63) is 29.6 Å². The maximum Gasteiger partial charge on any atom is 0.123 e. The Morgan fingerprint density at radius 3 is 2.43 bits per heavy atom. The van der Waals surface area contributed by atoms with Crippen molar-refractivity contribution in [1.29, 1.82) is 0 Å². The van der Waals surface area contributed by atoms with Crippen molar-refractivity contribution in [1.82, 2.24) is 4.90 Å². The van der Waals surface area contributed by atoms with Crippen LogP contribution in [0.4, 0.5) is 10.1 Å². The molecule has 1 aliphatic heterocycles. The first-order valence-electron chi connectivity index (χ1n) is 8.11. The van der Waals surface area contributed by atoms with Gasteiger partial charge in [0.25, 0.3) is 0 Å². The molecule has 0 bridgehead atoms. The summed E-state index contributed by atoms with van der Waals surface area (Å²) in [5.41, 5.74) is 1.68. The molecule has 3 rings (SSSR count). The number of piperazine rings is 1. The number of nitrogens with zero attached hydrogens (tertiary/aromatic N) is 2. The Bertz CT molecular complexity index is 478. The number of halogens is 1. The summed E-state index contributed by atoms with van der Waals surface area (Å²) in [6.45, 7) is 5.76. The summed E-state index contributed by atoms with van der Waals surface area (Å²) >= 11 is 0. The first-order valence-corrected chi connectivity index (χ1v) is 8.11. The maximum atomic E-state index is 13.4. The van der Waals surface area contributed by atoms with Crippen LogP contribution in [-0.2, 0) is 0 Å². The number of benzene rings is 1. The van der Waals surface area contributed by atoms with Gasteiger partial charge in [-0.3, -0.25) is 4.90 Å². The van der Waals surface area contributed by atoms with E-state index in [0.717, 1.165) is 37.9 Å². The van der Waals surface area contributed by atoms with E-state index in [1.807, 2.05) is 6.07 Å². The van der Waals surface area contributed by atoms with Gasteiger partial charge < -0.3 is 10.0 Å². The van der Waals surface area contributed by atoms with Crippen molar-refractivity contribution in [2.24, 2.45) is 0 Å². The summed E-state index contributed by atoms with van der Waals surface area (Å²) in [4.78, 5) is 4.89. The van der Waals surface area contributed by atoms with Gasteiger partial charge in [0.1, 0.15) is 5.82 Å². The second-order valence-corrected chi connectivity index (χ2v) is 6.34. The first-order chi connectivity index (χ1) is 10.1. The average molecular weight is 292 g/mol. The van der Waals surface area contributed by atoms with E-state index < -0.39 is 6.10 Å². The normalized spacial score (nSPS) is 22.7. The molecular weight excluding hydrogens is 267 g/mol. The number of aliphatic hydroxyl groups is 1. The Kier molecular flexibility index (Phi) is 4.45. The number of hydrogen-bond acceptors (Lipinski definition) is 3. The van der Waals surface area contributed by atoms with Gasteiger partial charge in [-0.1, -0.05) is 12.8 Å². The van der Waals surface area contributed by atoms with E-state index in [-0.39, 0.29) is 5.82 Å². The van der Waals surface area contributed by atoms with Crippen LogP contribution in [0.15, 0.2) is 18.2 Å². The molecule has 2 fully saturated rings. The molecule has 1 aromatic carbocycles. The van der Waals surface area contributed by atoms with Gasteiger partial charge in [-0.2, -0.15) is 0 Å². The van der Waals surface area contributed by atoms with Crippen LogP contribution in [0.1, 0.15) is 44.3 Å². The Labute approximate surface area is 126 Å². The van der Waals surface area contributed by atoms with Gasteiger partial charge in [0.2, 0.25) is 0 Å². The molecule has 1 unspecified atom stereocenters. The Morgan fingerprint density at radius 2 is 1.81 bits per heavy atom. The van der Waals surface area contributed by atoms with Gasteiger partial charge in [0.15, 0.2) is 0 Å². The quantitative estimate of drug-likeness (QED) is 0.928. The highest BCUT2D eigenvalue weighted by atomic mass is 19.1. The Morgan fingerprint density at radius 1 is 1.14 bits per heavy atom. The smallest absolute Gasteiger partial charge is 0.123 e. The van der Waals surface area contributed by atoms with Gasteiger partial charge in [0, 0.05) is 43.5 Å². The van der Waals surface area contributed by atoms with Crippen molar-refractivity contribution in [3.63, 3.8) is 0 Å². The van der Waals surface area contributed by atoms with Crippen LogP contribution in [0, 0.1) is 5.82 Å². The second-order valence-electron chi connectivity index (χ2n) is 6.34. The zero-order valence-corrected chi connectivity index (χ0v) is 12.8. The summed E-state index contributed by atoms with van der Waals surface area (Å²) in [6.07, 6.45) is 4.79. The minimum atomic E-state index is -0.636. The third kappa shape index (κ3) is 3.22. The zero-order chi connectivity index (χ0) is 14.8. The predicted octanol–water partition coefficient (Wildman–Crippen LogP) is 2.94. The summed E-state index contributed by atoms with van der Waals surface area (Å²) in [5.74, 6) is -0.278. The van der Waals surface area contributed by atoms with Gasteiger partial charge in [-0.15, -0.1) is 0 Å². The third-order valence-corrected chi connectivity index (χ3v) is 4.94. The average Bonchev–Trinajstić information content (AvgIpc) is 3.01. The lowest BCUT2D eigenvalue weighted by molar-refractivity contribution is 0.184.